The normalized spacial score (nSPS) is 20.1. The van der Waals surface area contributed by atoms with E-state index in [0.717, 1.165) is 19.7 Å². The summed E-state index contributed by atoms with van der Waals surface area (Å²) in [6, 6.07) is 0. The van der Waals surface area contributed by atoms with Gasteiger partial charge in [-0.2, -0.15) is 0 Å². The minimum absolute atomic E-state index is 0.153. The Morgan fingerprint density at radius 1 is 1.00 bits per heavy atom. The molecule has 102 valence electrons. The molecule has 2 nitrogen and oxygen atoms in total. The SMILES string of the molecule is CCCCCOC1(CNCC)CCCCCC1. The molecule has 0 aromatic carbocycles. The summed E-state index contributed by atoms with van der Waals surface area (Å²) in [5, 5.41) is 3.50. The molecule has 0 unspecified atom stereocenters. The summed E-state index contributed by atoms with van der Waals surface area (Å²) in [5.41, 5.74) is 0.153. The molecule has 0 saturated heterocycles. The highest BCUT2D eigenvalue weighted by Crippen LogP contribution is 2.30. The summed E-state index contributed by atoms with van der Waals surface area (Å²) >= 11 is 0. The summed E-state index contributed by atoms with van der Waals surface area (Å²) in [5.74, 6) is 0. The smallest absolute Gasteiger partial charge is 0.0806 e. The van der Waals surface area contributed by atoms with Gasteiger partial charge in [-0.3, -0.25) is 0 Å². The number of rotatable bonds is 8. The minimum Gasteiger partial charge on any atom is -0.374 e. The highest BCUT2D eigenvalue weighted by Gasteiger charge is 2.30. The molecule has 1 N–H and O–H groups in total. The van der Waals surface area contributed by atoms with Crippen molar-refractivity contribution in [3.8, 4) is 0 Å². The lowest BCUT2D eigenvalue weighted by molar-refractivity contribution is -0.0559. The Kier molecular flexibility index (Phi) is 7.87. The zero-order chi connectivity index (χ0) is 12.4. The predicted molar refractivity (Wildman–Crippen MR) is 74.5 cm³/mol. The van der Waals surface area contributed by atoms with E-state index in [9.17, 15) is 0 Å². The molecule has 0 bridgehead atoms. The maximum absolute atomic E-state index is 6.29. The van der Waals surface area contributed by atoms with Gasteiger partial charge in [0.1, 0.15) is 0 Å². The Balaban J connectivity index is 2.38. The van der Waals surface area contributed by atoms with Crippen molar-refractivity contribution in [2.24, 2.45) is 0 Å². The van der Waals surface area contributed by atoms with Gasteiger partial charge in [-0.25, -0.2) is 0 Å². The van der Waals surface area contributed by atoms with Crippen molar-refractivity contribution < 1.29 is 4.74 Å². The van der Waals surface area contributed by atoms with Crippen LogP contribution in [-0.4, -0.2) is 25.3 Å². The molecule has 1 fully saturated rings. The molecular weight excluding hydrogens is 210 g/mol. The van der Waals surface area contributed by atoms with Gasteiger partial charge in [0.25, 0.3) is 0 Å². The predicted octanol–water partition coefficient (Wildman–Crippen LogP) is 3.90. The van der Waals surface area contributed by atoms with Gasteiger partial charge in [0.05, 0.1) is 5.60 Å². The lowest BCUT2D eigenvalue weighted by Gasteiger charge is -2.33. The number of hydrogen-bond acceptors (Lipinski definition) is 2. The lowest BCUT2D eigenvalue weighted by atomic mass is 9.94. The van der Waals surface area contributed by atoms with Crippen LogP contribution in [0.3, 0.4) is 0 Å². The van der Waals surface area contributed by atoms with E-state index in [1.165, 1.54) is 57.8 Å². The third-order valence-electron chi connectivity index (χ3n) is 3.87. The van der Waals surface area contributed by atoms with Gasteiger partial charge in [-0.05, 0) is 25.8 Å². The molecule has 0 heterocycles. The number of unbranched alkanes of at least 4 members (excludes halogenated alkanes) is 2. The Labute approximate surface area is 108 Å². The second-order valence-corrected chi connectivity index (χ2v) is 5.43. The molecular formula is C15H31NO. The fourth-order valence-corrected chi connectivity index (χ4v) is 2.74. The van der Waals surface area contributed by atoms with Crippen LogP contribution in [-0.2, 0) is 4.74 Å². The van der Waals surface area contributed by atoms with Gasteiger partial charge in [0.2, 0.25) is 0 Å². The van der Waals surface area contributed by atoms with Crippen molar-refractivity contribution in [1.29, 1.82) is 0 Å². The quantitative estimate of drug-likeness (QED) is 0.514. The monoisotopic (exact) mass is 241 g/mol. The van der Waals surface area contributed by atoms with Crippen LogP contribution in [0.25, 0.3) is 0 Å². The van der Waals surface area contributed by atoms with E-state index >= 15 is 0 Å². The minimum atomic E-state index is 0.153. The molecule has 17 heavy (non-hydrogen) atoms. The molecule has 2 heteroatoms. The van der Waals surface area contributed by atoms with Crippen LogP contribution in [0.15, 0.2) is 0 Å². The van der Waals surface area contributed by atoms with Crippen LogP contribution in [0.2, 0.25) is 0 Å². The maximum Gasteiger partial charge on any atom is 0.0806 e. The molecule has 1 rings (SSSR count). The van der Waals surface area contributed by atoms with Gasteiger partial charge >= 0.3 is 0 Å². The molecule has 0 atom stereocenters. The lowest BCUT2D eigenvalue weighted by Crippen LogP contribution is -2.43. The first-order valence-corrected chi connectivity index (χ1v) is 7.67. The second-order valence-electron chi connectivity index (χ2n) is 5.43. The maximum atomic E-state index is 6.29. The van der Waals surface area contributed by atoms with Gasteiger partial charge in [-0.1, -0.05) is 52.4 Å². The van der Waals surface area contributed by atoms with Gasteiger partial charge < -0.3 is 10.1 Å². The van der Waals surface area contributed by atoms with Crippen molar-refractivity contribution in [2.75, 3.05) is 19.7 Å². The molecule has 0 aliphatic heterocycles. The highest BCUT2D eigenvalue weighted by atomic mass is 16.5. The van der Waals surface area contributed by atoms with Crippen molar-refractivity contribution in [2.45, 2.75) is 77.2 Å². The zero-order valence-electron chi connectivity index (χ0n) is 11.9. The fourth-order valence-electron chi connectivity index (χ4n) is 2.74. The van der Waals surface area contributed by atoms with E-state index in [1.54, 1.807) is 0 Å². The number of ether oxygens (including phenoxy) is 1. The van der Waals surface area contributed by atoms with Gasteiger partial charge in [0, 0.05) is 13.2 Å². The number of nitrogens with one attached hydrogen (secondary N) is 1. The van der Waals surface area contributed by atoms with E-state index in [-0.39, 0.29) is 5.60 Å². The molecule has 1 aliphatic rings. The van der Waals surface area contributed by atoms with Crippen LogP contribution in [0.5, 0.6) is 0 Å². The van der Waals surface area contributed by atoms with E-state index in [2.05, 4.69) is 19.2 Å². The number of hydrogen-bond donors (Lipinski definition) is 1. The Morgan fingerprint density at radius 2 is 1.71 bits per heavy atom. The molecule has 0 amide bonds. The molecule has 0 aromatic heterocycles. The first kappa shape index (κ1) is 15.0. The highest BCUT2D eigenvalue weighted by molar-refractivity contribution is 4.85. The Hall–Kier alpha value is -0.0800. The van der Waals surface area contributed by atoms with Crippen LogP contribution in [0, 0.1) is 0 Å². The van der Waals surface area contributed by atoms with E-state index < -0.39 is 0 Å². The first-order chi connectivity index (χ1) is 8.33. The Morgan fingerprint density at radius 3 is 2.29 bits per heavy atom. The van der Waals surface area contributed by atoms with E-state index in [4.69, 9.17) is 4.74 Å². The Bertz CT molecular complexity index is 174. The van der Waals surface area contributed by atoms with E-state index in [1.807, 2.05) is 0 Å². The summed E-state index contributed by atoms with van der Waals surface area (Å²) in [6.45, 7) is 7.50. The largest absolute Gasteiger partial charge is 0.374 e. The molecule has 1 saturated carbocycles. The molecule has 0 aromatic rings. The summed E-state index contributed by atoms with van der Waals surface area (Å²) in [7, 11) is 0. The second kappa shape index (κ2) is 8.93. The molecule has 0 spiro atoms. The van der Waals surface area contributed by atoms with E-state index in [0.29, 0.717) is 0 Å². The summed E-state index contributed by atoms with van der Waals surface area (Å²) < 4.78 is 6.29. The number of likely N-dealkylation sites (N-methyl/N-ethyl adjacent to an activating group) is 1. The summed E-state index contributed by atoms with van der Waals surface area (Å²) in [4.78, 5) is 0. The molecule has 1 aliphatic carbocycles. The van der Waals surface area contributed by atoms with Crippen LogP contribution in [0.1, 0.15) is 71.6 Å². The summed E-state index contributed by atoms with van der Waals surface area (Å²) in [6.07, 6.45) is 11.8. The van der Waals surface area contributed by atoms with Crippen molar-refractivity contribution in [3.63, 3.8) is 0 Å². The zero-order valence-corrected chi connectivity index (χ0v) is 11.9. The average Bonchev–Trinajstić information content (AvgIpc) is 2.59. The topological polar surface area (TPSA) is 21.3 Å². The third-order valence-corrected chi connectivity index (χ3v) is 3.87. The standard InChI is InChI=1S/C15H31NO/c1-3-5-10-13-17-15(14-16-4-2)11-8-6-7-9-12-15/h16H,3-14H2,1-2H3. The first-order valence-electron chi connectivity index (χ1n) is 7.67. The molecule has 0 radical (unpaired) electrons. The third kappa shape index (κ3) is 5.87. The van der Waals surface area contributed by atoms with Crippen LogP contribution in [0.4, 0.5) is 0 Å². The van der Waals surface area contributed by atoms with Crippen molar-refractivity contribution >= 4 is 0 Å². The van der Waals surface area contributed by atoms with Gasteiger partial charge in [0.15, 0.2) is 0 Å². The average molecular weight is 241 g/mol. The van der Waals surface area contributed by atoms with Crippen molar-refractivity contribution in [1.82, 2.24) is 5.32 Å². The van der Waals surface area contributed by atoms with Crippen LogP contribution < -0.4 is 5.32 Å². The van der Waals surface area contributed by atoms with Gasteiger partial charge in [-0.15, -0.1) is 0 Å². The fraction of sp³-hybridized carbons (Fsp3) is 1.00. The van der Waals surface area contributed by atoms with Crippen molar-refractivity contribution in [3.05, 3.63) is 0 Å². The van der Waals surface area contributed by atoms with Crippen LogP contribution >= 0.6 is 0 Å².